The van der Waals surface area contributed by atoms with E-state index < -0.39 is 26.6 Å². The first-order chi connectivity index (χ1) is 8.38. The minimum absolute atomic E-state index is 0. The number of hydrogen-bond donors (Lipinski definition) is 2. The third-order valence-corrected chi connectivity index (χ3v) is 4.19. The number of benzene rings is 1. The summed E-state index contributed by atoms with van der Waals surface area (Å²) in [6.07, 6.45) is 0. The van der Waals surface area contributed by atoms with E-state index in [9.17, 15) is 17.2 Å². The number of halogens is 4. The van der Waals surface area contributed by atoms with Crippen LogP contribution in [0.4, 0.5) is 8.78 Å². The van der Waals surface area contributed by atoms with Gasteiger partial charge in [-0.15, -0.1) is 12.4 Å². The molecule has 0 amide bonds. The molecule has 110 valence electrons. The highest BCUT2D eigenvalue weighted by molar-refractivity contribution is 9.10. The third-order valence-electron chi connectivity index (χ3n) is 2.11. The number of sulfonamides is 1. The summed E-state index contributed by atoms with van der Waals surface area (Å²) in [6.45, 7) is 3.09. The van der Waals surface area contributed by atoms with E-state index in [0.29, 0.717) is 19.2 Å². The lowest BCUT2D eigenvalue weighted by atomic mass is 10.3. The summed E-state index contributed by atoms with van der Waals surface area (Å²) in [4.78, 5) is -0.695. The molecule has 0 unspecified atom stereocenters. The van der Waals surface area contributed by atoms with Crippen LogP contribution in [-0.2, 0) is 10.0 Å². The molecule has 1 rings (SSSR count). The summed E-state index contributed by atoms with van der Waals surface area (Å²) >= 11 is 2.78. The van der Waals surface area contributed by atoms with E-state index in [1.807, 2.05) is 6.92 Å². The van der Waals surface area contributed by atoms with Gasteiger partial charge < -0.3 is 5.32 Å². The molecule has 0 aliphatic rings. The zero-order valence-electron chi connectivity index (χ0n) is 10.0. The summed E-state index contributed by atoms with van der Waals surface area (Å²) in [5, 5.41) is 2.91. The van der Waals surface area contributed by atoms with Gasteiger partial charge in [0.15, 0.2) is 0 Å². The molecule has 0 aliphatic carbocycles. The van der Waals surface area contributed by atoms with Crippen LogP contribution in [0.5, 0.6) is 0 Å². The van der Waals surface area contributed by atoms with E-state index in [0.717, 1.165) is 6.07 Å². The molecule has 0 fully saturated rings. The molecule has 0 radical (unpaired) electrons. The first-order valence-corrected chi connectivity index (χ1v) is 7.51. The van der Waals surface area contributed by atoms with Crippen LogP contribution < -0.4 is 10.0 Å². The topological polar surface area (TPSA) is 58.2 Å². The minimum atomic E-state index is -4.04. The van der Waals surface area contributed by atoms with Crippen LogP contribution in [0.2, 0.25) is 0 Å². The van der Waals surface area contributed by atoms with Gasteiger partial charge in [0.1, 0.15) is 16.5 Å². The fourth-order valence-corrected chi connectivity index (χ4v) is 2.65. The molecule has 0 aliphatic heterocycles. The highest BCUT2D eigenvalue weighted by Gasteiger charge is 2.20. The van der Waals surface area contributed by atoms with Gasteiger partial charge in [-0.3, -0.25) is 0 Å². The lowest BCUT2D eigenvalue weighted by Crippen LogP contribution is -2.32. The first-order valence-electron chi connectivity index (χ1n) is 5.23. The Hall–Kier alpha value is -0.280. The molecule has 19 heavy (non-hydrogen) atoms. The van der Waals surface area contributed by atoms with Crippen LogP contribution in [0, 0.1) is 11.6 Å². The van der Waals surface area contributed by atoms with E-state index in [1.165, 1.54) is 0 Å². The smallest absolute Gasteiger partial charge is 0.243 e. The fraction of sp³-hybridized carbons (Fsp3) is 0.400. The fourth-order valence-electron chi connectivity index (χ4n) is 1.24. The van der Waals surface area contributed by atoms with Gasteiger partial charge in [-0.05, 0) is 34.6 Å². The van der Waals surface area contributed by atoms with Crippen molar-refractivity contribution in [1.29, 1.82) is 0 Å². The zero-order valence-corrected chi connectivity index (χ0v) is 13.3. The van der Waals surface area contributed by atoms with Crippen molar-refractivity contribution in [2.24, 2.45) is 0 Å². The van der Waals surface area contributed by atoms with Crippen LogP contribution in [0.3, 0.4) is 0 Å². The molecule has 0 heterocycles. The Morgan fingerprint density at radius 1 is 1.21 bits per heavy atom. The third kappa shape index (κ3) is 5.31. The average molecular weight is 380 g/mol. The summed E-state index contributed by atoms with van der Waals surface area (Å²) < 4.78 is 52.2. The SMILES string of the molecule is CCNCCNS(=O)(=O)c1cc(F)c(Br)cc1F.Cl. The summed E-state index contributed by atoms with van der Waals surface area (Å²) in [5.41, 5.74) is 0. The molecule has 0 atom stereocenters. The van der Waals surface area contributed by atoms with Crippen LogP contribution in [-0.4, -0.2) is 28.1 Å². The van der Waals surface area contributed by atoms with Gasteiger partial charge in [-0.1, -0.05) is 6.92 Å². The van der Waals surface area contributed by atoms with Gasteiger partial charge in [0, 0.05) is 13.1 Å². The first kappa shape index (κ1) is 18.7. The van der Waals surface area contributed by atoms with Crippen LogP contribution >= 0.6 is 28.3 Å². The quantitative estimate of drug-likeness (QED) is 0.587. The minimum Gasteiger partial charge on any atom is -0.316 e. The second-order valence-corrected chi connectivity index (χ2v) is 6.04. The molecule has 4 nitrogen and oxygen atoms in total. The van der Waals surface area contributed by atoms with Gasteiger partial charge in [0.25, 0.3) is 0 Å². The molecular weight excluding hydrogens is 366 g/mol. The second kappa shape index (κ2) is 8.11. The van der Waals surface area contributed by atoms with E-state index in [-0.39, 0.29) is 23.4 Å². The molecule has 9 heteroatoms. The molecule has 1 aromatic carbocycles. The second-order valence-electron chi connectivity index (χ2n) is 3.45. The maximum Gasteiger partial charge on any atom is 0.243 e. The molecule has 1 aromatic rings. The van der Waals surface area contributed by atoms with Gasteiger partial charge in [0.05, 0.1) is 4.47 Å². The monoisotopic (exact) mass is 378 g/mol. The van der Waals surface area contributed by atoms with E-state index in [1.54, 1.807) is 0 Å². The molecule has 0 aromatic heterocycles. The highest BCUT2D eigenvalue weighted by Crippen LogP contribution is 2.22. The van der Waals surface area contributed by atoms with Crippen LogP contribution in [0.25, 0.3) is 0 Å². The number of likely N-dealkylation sites (N-methyl/N-ethyl adjacent to an activating group) is 1. The molecular formula is C10H14BrClF2N2O2S. The molecule has 0 saturated carbocycles. The Morgan fingerprint density at radius 2 is 1.84 bits per heavy atom. The molecule has 2 N–H and O–H groups in total. The maximum atomic E-state index is 13.5. The van der Waals surface area contributed by atoms with Gasteiger partial charge in [0.2, 0.25) is 10.0 Å². The molecule has 0 spiro atoms. The van der Waals surface area contributed by atoms with Crippen molar-refractivity contribution in [2.75, 3.05) is 19.6 Å². The summed E-state index contributed by atoms with van der Waals surface area (Å²) in [6, 6.07) is 1.43. The van der Waals surface area contributed by atoms with Crippen molar-refractivity contribution in [3.8, 4) is 0 Å². The number of nitrogens with one attached hydrogen (secondary N) is 2. The average Bonchev–Trinajstić information content (AvgIpc) is 2.29. The van der Waals surface area contributed by atoms with Crippen LogP contribution in [0.15, 0.2) is 21.5 Å². The van der Waals surface area contributed by atoms with E-state index in [4.69, 9.17) is 0 Å². The Morgan fingerprint density at radius 3 is 2.42 bits per heavy atom. The Bertz CT molecular complexity index is 529. The number of rotatable bonds is 6. The van der Waals surface area contributed by atoms with Crippen molar-refractivity contribution >= 4 is 38.4 Å². The van der Waals surface area contributed by atoms with Crippen molar-refractivity contribution < 1.29 is 17.2 Å². The Kier molecular flexibility index (Phi) is 7.99. The van der Waals surface area contributed by atoms with Crippen molar-refractivity contribution in [1.82, 2.24) is 10.0 Å². The standard InChI is InChI=1S/C10H13BrF2N2O2S.ClH/c1-2-14-3-4-15-18(16,17)10-6-8(12)7(11)5-9(10)13;/h5-6,14-15H,2-4H2,1H3;1H. The normalized spacial score (nSPS) is 11.2. The Balaban J connectivity index is 0.00000324. The predicted molar refractivity (Wildman–Crippen MR) is 75.0 cm³/mol. The largest absolute Gasteiger partial charge is 0.316 e. The predicted octanol–water partition coefficient (Wildman–Crippen LogP) is 2.04. The lowest BCUT2D eigenvalue weighted by molar-refractivity contribution is 0.542. The van der Waals surface area contributed by atoms with E-state index in [2.05, 4.69) is 26.0 Å². The van der Waals surface area contributed by atoms with E-state index >= 15 is 0 Å². The van der Waals surface area contributed by atoms with Gasteiger partial charge in [-0.2, -0.15) is 0 Å². The van der Waals surface area contributed by atoms with Crippen molar-refractivity contribution in [3.63, 3.8) is 0 Å². The van der Waals surface area contributed by atoms with Gasteiger partial charge in [-0.25, -0.2) is 21.9 Å². The summed E-state index contributed by atoms with van der Waals surface area (Å²) in [7, 11) is -4.04. The number of hydrogen-bond acceptors (Lipinski definition) is 3. The Labute approximate surface area is 125 Å². The zero-order chi connectivity index (χ0) is 13.8. The van der Waals surface area contributed by atoms with Gasteiger partial charge >= 0.3 is 0 Å². The highest BCUT2D eigenvalue weighted by atomic mass is 79.9. The lowest BCUT2D eigenvalue weighted by Gasteiger charge is -2.08. The van der Waals surface area contributed by atoms with Crippen LogP contribution in [0.1, 0.15) is 6.92 Å². The van der Waals surface area contributed by atoms with Crippen molar-refractivity contribution in [3.05, 3.63) is 28.2 Å². The van der Waals surface area contributed by atoms with Crippen molar-refractivity contribution in [2.45, 2.75) is 11.8 Å². The maximum absolute atomic E-state index is 13.5. The molecule has 0 saturated heterocycles. The summed E-state index contributed by atoms with van der Waals surface area (Å²) in [5.74, 6) is -1.83. The molecule has 0 bridgehead atoms.